The van der Waals surface area contributed by atoms with Gasteiger partial charge in [0.15, 0.2) is 0 Å². The maximum absolute atomic E-state index is 13.0. The standard InChI is InChI=1S/C24H16Cl3F3N2O4/c25-16-9-6-13(24(28,29)30)11-15(16)21(33)32-19(23(35)36)10-12-4-7-14(8-5-12)31-22(34)20-17(26)2-1-3-18(20)27/h1-9,11,19H,10H2,(H,31,34)(H,32,33)(H,35,36)/t19-/m0/s1. The van der Waals surface area contributed by atoms with Crippen molar-refractivity contribution in [3.8, 4) is 0 Å². The van der Waals surface area contributed by atoms with Gasteiger partial charge in [-0.2, -0.15) is 13.2 Å². The summed E-state index contributed by atoms with van der Waals surface area (Å²) in [4.78, 5) is 36.7. The number of hydrogen-bond acceptors (Lipinski definition) is 3. The number of carbonyl (C=O) groups is 3. The third kappa shape index (κ3) is 6.69. The number of nitrogens with one attached hydrogen (secondary N) is 2. The maximum Gasteiger partial charge on any atom is 0.416 e. The average Bonchev–Trinajstić information content (AvgIpc) is 2.79. The van der Waals surface area contributed by atoms with Gasteiger partial charge in [-0.1, -0.05) is 53.0 Å². The molecule has 0 saturated heterocycles. The van der Waals surface area contributed by atoms with Gasteiger partial charge in [0, 0.05) is 12.1 Å². The number of carboxylic acid groups (broad SMARTS) is 1. The fourth-order valence-corrected chi connectivity index (χ4v) is 3.95. The molecule has 2 amide bonds. The number of rotatable bonds is 7. The van der Waals surface area contributed by atoms with E-state index in [0.29, 0.717) is 23.4 Å². The Kier molecular flexibility index (Phi) is 8.50. The predicted octanol–water partition coefficient (Wildman–Crippen LogP) is 6.34. The Balaban J connectivity index is 1.71. The van der Waals surface area contributed by atoms with E-state index in [9.17, 15) is 32.7 Å². The van der Waals surface area contributed by atoms with Crippen LogP contribution in [0.2, 0.25) is 15.1 Å². The molecule has 0 aliphatic rings. The van der Waals surface area contributed by atoms with Crippen LogP contribution in [0.1, 0.15) is 31.8 Å². The van der Waals surface area contributed by atoms with Crippen LogP contribution in [0.3, 0.4) is 0 Å². The van der Waals surface area contributed by atoms with Crippen LogP contribution >= 0.6 is 34.8 Å². The van der Waals surface area contributed by atoms with Gasteiger partial charge in [0.05, 0.1) is 31.8 Å². The molecule has 0 saturated carbocycles. The average molecular weight is 560 g/mol. The van der Waals surface area contributed by atoms with Gasteiger partial charge in [0.25, 0.3) is 11.8 Å². The minimum atomic E-state index is -4.71. The van der Waals surface area contributed by atoms with Crippen LogP contribution in [0.4, 0.5) is 18.9 Å². The fraction of sp³-hybridized carbons (Fsp3) is 0.125. The van der Waals surface area contributed by atoms with Crippen molar-refractivity contribution in [2.45, 2.75) is 18.6 Å². The molecule has 0 aliphatic heterocycles. The number of hydrogen-bond donors (Lipinski definition) is 3. The van der Waals surface area contributed by atoms with Gasteiger partial charge in [0.2, 0.25) is 0 Å². The molecule has 1 atom stereocenters. The molecule has 0 aliphatic carbocycles. The number of aliphatic carboxylic acids is 1. The van der Waals surface area contributed by atoms with Crippen LogP contribution in [-0.4, -0.2) is 28.9 Å². The van der Waals surface area contributed by atoms with Gasteiger partial charge in [-0.15, -0.1) is 0 Å². The van der Waals surface area contributed by atoms with Crippen molar-refractivity contribution >= 4 is 58.3 Å². The molecule has 6 nitrogen and oxygen atoms in total. The molecule has 3 aromatic rings. The summed E-state index contributed by atoms with van der Waals surface area (Å²) in [5.74, 6) is -3.02. The first-order valence-electron chi connectivity index (χ1n) is 10.1. The number of amides is 2. The summed E-state index contributed by atoms with van der Waals surface area (Å²) in [7, 11) is 0. The van der Waals surface area contributed by atoms with E-state index in [2.05, 4.69) is 10.6 Å². The van der Waals surface area contributed by atoms with Crippen molar-refractivity contribution in [3.63, 3.8) is 0 Å². The van der Waals surface area contributed by atoms with E-state index in [0.717, 1.165) is 6.07 Å². The van der Waals surface area contributed by atoms with E-state index in [4.69, 9.17) is 34.8 Å². The largest absolute Gasteiger partial charge is 0.480 e. The minimum Gasteiger partial charge on any atom is -0.480 e. The smallest absolute Gasteiger partial charge is 0.416 e. The first kappa shape index (κ1) is 27.3. The van der Waals surface area contributed by atoms with Crippen LogP contribution < -0.4 is 10.6 Å². The normalized spacial score (nSPS) is 12.1. The summed E-state index contributed by atoms with van der Waals surface area (Å²) in [6, 6.07) is 11.4. The summed E-state index contributed by atoms with van der Waals surface area (Å²) in [6.45, 7) is 0. The van der Waals surface area contributed by atoms with E-state index in [-0.39, 0.29) is 27.1 Å². The number of anilines is 1. The predicted molar refractivity (Wildman–Crippen MR) is 130 cm³/mol. The molecule has 0 spiro atoms. The Hall–Kier alpha value is -3.27. The van der Waals surface area contributed by atoms with Crippen molar-refractivity contribution in [2.24, 2.45) is 0 Å². The lowest BCUT2D eigenvalue weighted by Gasteiger charge is -2.16. The van der Waals surface area contributed by atoms with Crippen molar-refractivity contribution < 1.29 is 32.7 Å². The molecule has 0 fully saturated rings. The minimum absolute atomic E-state index is 0.0896. The number of alkyl halides is 3. The van der Waals surface area contributed by atoms with E-state index < -0.39 is 41.1 Å². The SMILES string of the molecule is O=C(N[C@@H](Cc1ccc(NC(=O)c2c(Cl)cccc2Cl)cc1)C(=O)O)c1cc(C(F)(F)F)ccc1Cl. The molecule has 0 radical (unpaired) electrons. The van der Waals surface area contributed by atoms with E-state index >= 15 is 0 Å². The summed E-state index contributed by atoms with van der Waals surface area (Å²) < 4.78 is 38.9. The third-order valence-electron chi connectivity index (χ3n) is 4.98. The lowest BCUT2D eigenvalue weighted by molar-refractivity contribution is -0.139. The molecule has 188 valence electrons. The maximum atomic E-state index is 13.0. The number of carbonyl (C=O) groups excluding carboxylic acids is 2. The van der Waals surface area contributed by atoms with Gasteiger partial charge in [-0.3, -0.25) is 9.59 Å². The second kappa shape index (κ2) is 11.2. The van der Waals surface area contributed by atoms with Gasteiger partial charge in [-0.25, -0.2) is 4.79 Å². The summed E-state index contributed by atoms with van der Waals surface area (Å²) >= 11 is 17.9. The van der Waals surface area contributed by atoms with E-state index in [1.165, 1.54) is 36.4 Å². The van der Waals surface area contributed by atoms with Crippen molar-refractivity contribution in [3.05, 3.63) is 98.0 Å². The summed E-state index contributed by atoms with van der Waals surface area (Å²) in [6.07, 6.45) is -4.90. The van der Waals surface area contributed by atoms with Gasteiger partial charge >= 0.3 is 12.1 Å². The lowest BCUT2D eigenvalue weighted by Crippen LogP contribution is -2.42. The van der Waals surface area contributed by atoms with Crippen LogP contribution in [0.25, 0.3) is 0 Å². The molecule has 0 unspecified atom stereocenters. The zero-order valence-electron chi connectivity index (χ0n) is 18.0. The second-order valence-electron chi connectivity index (χ2n) is 7.51. The molecule has 3 aromatic carbocycles. The Morgan fingerprint density at radius 2 is 1.47 bits per heavy atom. The molecular weight excluding hydrogens is 544 g/mol. The fourth-order valence-electron chi connectivity index (χ4n) is 3.18. The first-order chi connectivity index (χ1) is 16.9. The van der Waals surface area contributed by atoms with Gasteiger partial charge in [-0.05, 0) is 48.0 Å². The molecule has 12 heteroatoms. The van der Waals surface area contributed by atoms with Crippen molar-refractivity contribution in [1.82, 2.24) is 5.32 Å². The highest BCUT2D eigenvalue weighted by Crippen LogP contribution is 2.32. The van der Waals surface area contributed by atoms with Crippen LogP contribution in [0.5, 0.6) is 0 Å². The highest BCUT2D eigenvalue weighted by Gasteiger charge is 2.32. The molecule has 0 bridgehead atoms. The molecule has 0 heterocycles. The number of carboxylic acids is 1. The molecule has 3 rings (SSSR count). The monoisotopic (exact) mass is 558 g/mol. The van der Waals surface area contributed by atoms with Gasteiger partial charge < -0.3 is 15.7 Å². The van der Waals surface area contributed by atoms with E-state index in [1.807, 2.05) is 0 Å². The highest BCUT2D eigenvalue weighted by atomic mass is 35.5. The van der Waals surface area contributed by atoms with E-state index in [1.54, 1.807) is 6.07 Å². The molecule has 0 aromatic heterocycles. The summed E-state index contributed by atoms with van der Waals surface area (Å²) in [5.41, 5.74) is -0.682. The lowest BCUT2D eigenvalue weighted by atomic mass is 10.0. The summed E-state index contributed by atoms with van der Waals surface area (Å²) in [5, 5.41) is 14.4. The topological polar surface area (TPSA) is 95.5 Å². The van der Waals surface area contributed by atoms with Crippen molar-refractivity contribution in [2.75, 3.05) is 5.32 Å². The Morgan fingerprint density at radius 3 is 2.03 bits per heavy atom. The number of halogens is 6. The number of benzene rings is 3. The Bertz CT molecular complexity index is 1290. The Labute approximate surface area is 218 Å². The van der Waals surface area contributed by atoms with Crippen LogP contribution in [-0.2, 0) is 17.4 Å². The van der Waals surface area contributed by atoms with Crippen molar-refractivity contribution in [1.29, 1.82) is 0 Å². The Morgan fingerprint density at radius 1 is 0.861 bits per heavy atom. The van der Waals surface area contributed by atoms with Gasteiger partial charge in [0.1, 0.15) is 6.04 Å². The zero-order valence-corrected chi connectivity index (χ0v) is 20.3. The molecule has 36 heavy (non-hydrogen) atoms. The quantitative estimate of drug-likeness (QED) is 0.315. The van der Waals surface area contributed by atoms with Crippen LogP contribution in [0, 0.1) is 0 Å². The molecule has 3 N–H and O–H groups in total. The second-order valence-corrected chi connectivity index (χ2v) is 8.73. The highest BCUT2D eigenvalue weighted by molar-refractivity contribution is 6.40. The zero-order chi connectivity index (χ0) is 26.6. The molecular formula is C24H16Cl3F3N2O4. The third-order valence-corrected chi connectivity index (χ3v) is 5.94. The first-order valence-corrected chi connectivity index (χ1v) is 11.2. The van der Waals surface area contributed by atoms with Crippen LogP contribution in [0.15, 0.2) is 60.7 Å².